The van der Waals surface area contributed by atoms with E-state index >= 15 is 0 Å². The molecule has 0 bridgehead atoms. The number of para-hydroxylation sites is 1. The summed E-state index contributed by atoms with van der Waals surface area (Å²) in [5.41, 5.74) is 36.8. The van der Waals surface area contributed by atoms with Crippen LogP contribution in [0.5, 0.6) is 0 Å². The monoisotopic (exact) mass is 1620 g/mol. The van der Waals surface area contributed by atoms with E-state index in [-0.39, 0.29) is 0 Å². The molecule has 20 aromatic carbocycles. The van der Waals surface area contributed by atoms with Gasteiger partial charge in [0.1, 0.15) is 11.2 Å². The summed E-state index contributed by atoms with van der Waals surface area (Å²) in [5, 5.41) is 4.78. The van der Waals surface area contributed by atoms with Crippen LogP contribution in [0.2, 0.25) is 0 Å². The maximum absolute atomic E-state index is 7.07. The molecule has 126 heavy (non-hydrogen) atoms. The molecular formula is C122H82N2OS. The smallest absolute Gasteiger partial charge is 0.143 e. The SMILES string of the molecule is c1ccc(-c2ccc(N(c3cccc(-c4ccccc4)c3)c3cccc(-c4ccc5sc6ccc(C7(c8ccccc8)c8ccccc8-c8ccccc87)cc6c5c4)c3)cc2)cc1.c1ccc(-c2ccc(N(c3cccc(-c4ccccc4)c3)c3cccc(-c4cccc5c4oc4cc(C6(c7ccccc7)c7ccccc7-c7ccccc76)ccc45)c3)cc2)cc1. The van der Waals surface area contributed by atoms with Gasteiger partial charge in [-0.15, -0.1) is 11.3 Å². The van der Waals surface area contributed by atoms with E-state index in [1.807, 2.05) is 11.3 Å². The fraction of sp³-hybridized carbons (Fsp3) is 0.0164. The molecule has 2 heterocycles. The molecule has 0 radical (unpaired) electrons. The zero-order valence-electron chi connectivity index (χ0n) is 69.1. The van der Waals surface area contributed by atoms with Gasteiger partial charge in [-0.3, -0.25) is 0 Å². The van der Waals surface area contributed by atoms with Crippen molar-refractivity contribution in [2.75, 3.05) is 9.80 Å². The van der Waals surface area contributed by atoms with Crippen molar-refractivity contribution in [2.24, 2.45) is 0 Å². The predicted octanol–water partition coefficient (Wildman–Crippen LogP) is 33.3. The van der Waals surface area contributed by atoms with Gasteiger partial charge in [0.05, 0.1) is 10.8 Å². The van der Waals surface area contributed by atoms with Crippen molar-refractivity contribution in [1.29, 1.82) is 0 Å². The molecule has 0 aliphatic heterocycles. The van der Waals surface area contributed by atoms with Gasteiger partial charge in [-0.2, -0.15) is 0 Å². The summed E-state index contributed by atoms with van der Waals surface area (Å²) in [4.78, 5) is 4.74. The molecule has 0 fully saturated rings. The van der Waals surface area contributed by atoms with Crippen LogP contribution in [0.1, 0.15) is 44.5 Å². The molecule has 2 aromatic heterocycles. The Labute approximate surface area is 738 Å². The van der Waals surface area contributed by atoms with E-state index in [0.29, 0.717) is 0 Å². The summed E-state index contributed by atoms with van der Waals surface area (Å²) in [6.45, 7) is 0. The number of anilines is 6. The Morgan fingerprint density at radius 2 is 0.476 bits per heavy atom. The molecule has 4 heteroatoms. The molecule has 0 N–H and O–H groups in total. The number of benzene rings is 20. The zero-order chi connectivity index (χ0) is 83.5. The van der Waals surface area contributed by atoms with Crippen molar-refractivity contribution in [3.8, 4) is 89.0 Å². The van der Waals surface area contributed by atoms with Gasteiger partial charge >= 0.3 is 0 Å². The highest BCUT2D eigenvalue weighted by molar-refractivity contribution is 7.25. The fourth-order valence-electron chi connectivity index (χ4n) is 20.2. The van der Waals surface area contributed by atoms with Crippen LogP contribution in [0, 0.1) is 0 Å². The molecule has 22 aromatic rings. The van der Waals surface area contributed by atoms with E-state index < -0.39 is 10.8 Å². The van der Waals surface area contributed by atoms with Crippen LogP contribution in [-0.4, -0.2) is 0 Å². The highest BCUT2D eigenvalue weighted by Crippen LogP contribution is 2.59. The average Bonchev–Trinajstić information content (AvgIpc) is 1.54. The zero-order valence-corrected chi connectivity index (χ0v) is 69.9. The maximum atomic E-state index is 7.07. The molecule has 0 saturated carbocycles. The molecule has 3 nitrogen and oxygen atoms in total. The van der Waals surface area contributed by atoms with Gasteiger partial charge in [-0.25, -0.2) is 0 Å². The highest BCUT2D eigenvalue weighted by atomic mass is 32.1. The molecule has 0 unspecified atom stereocenters. The summed E-state index contributed by atoms with van der Waals surface area (Å²) < 4.78 is 9.66. The van der Waals surface area contributed by atoms with Crippen molar-refractivity contribution in [3.05, 3.63) is 542 Å². The van der Waals surface area contributed by atoms with Crippen LogP contribution < -0.4 is 9.80 Å². The molecule has 592 valence electrons. The Morgan fingerprint density at radius 3 is 0.913 bits per heavy atom. The van der Waals surface area contributed by atoms with E-state index in [1.165, 1.54) is 143 Å². The van der Waals surface area contributed by atoms with Crippen LogP contribution in [0.3, 0.4) is 0 Å². The number of furan rings is 1. The topological polar surface area (TPSA) is 19.6 Å². The highest BCUT2D eigenvalue weighted by Gasteiger charge is 2.48. The first-order chi connectivity index (χ1) is 62.5. The lowest BCUT2D eigenvalue weighted by atomic mass is 9.67. The molecule has 0 atom stereocenters. The standard InChI is InChI=1S/C61H41NO.C61H41NS/c1-4-17-42(18-5-1)44-33-36-49(37-34-44)62(50-25-14-21-45(39-50)43-19-6-2-7-20-43)51-26-15-22-46(40-51)52-29-16-30-56-55-38-35-48(41-59(55)63-60(52)56)61(47-23-8-3-9-24-47)57-31-12-10-27-53(57)54-28-11-13-32-58(54)61;1-4-16-42(17-5-1)44-30-34-50(35-31-44)62(51-24-14-20-45(38-51)43-18-6-2-7-19-43)52-25-15-21-46(39-52)47-32-36-59-55(40-47)56-41-49(33-37-60(56)63-59)61(48-22-8-3-9-23-48)57-28-12-10-26-53(57)54-27-11-13-29-58(54)61/h2*1-41H. The second-order valence-corrected chi connectivity index (χ2v) is 33.9. The van der Waals surface area contributed by atoms with Crippen molar-refractivity contribution >= 4 is 87.6 Å². The first-order valence-electron chi connectivity index (χ1n) is 43.3. The van der Waals surface area contributed by atoms with Crippen LogP contribution in [0.25, 0.3) is 131 Å². The normalized spacial score (nSPS) is 12.6. The first-order valence-corrected chi connectivity index (χ1v) is 44.1. The Hall–Kier alpha value is -16.0. The van der Waals surface area contributed by atoms with Gasteiger partial charge in [0.2, 0.25) is 0 Å². The van der Waals surface area contributed by atoms with Gasteiger partial charge in [0, 0.05) is 70.6 Å². The van der Waals surface area contributed by atoms with E-state index in [0.717, 1.165) is 67.2 Å². The minimum absolute atomic E-state index is 0.441. The minimum Gasteiger partial charge on any atom is -0.455 e. The van der Waals surface area contributed by atoms with Crippen LogP contribution in [0.15, 0.2) is 502 Å². The number of thiophene rings is 1. The van der Waals surface area contributed by atoms with E-state index in [4.69, 9.17) is 4.42 Å². The summed E-state index contributed by atoms with van der Waals surface area (Å²) in [6.07, 6.45) is 0. The number of nitrogens with zero attached hydrogens (tertiary/aromatic N) is 2. The minimum atomic E-state index is -0.501. The van der Waals surface area contributed by atoms with Crippen molar-refractivity contribution in [3.63, 3.8) is 0 Å². The van der Waals surface area contributed by atoms with Crippen LogP contribution in [0.4, 0.5) is 34.1 Å². The molecule has 24 rings (SSSR count). The van der Waals surface area contributed by atoms with Gasteiger partial charge in [-0.1, -0.05) is 394 Å². The van der Waals surface area contributed by atoms with Crippen molar-refractivity contribution in [1.82, 2.24) is 0 Å². The van der Waals surface area contributed by atoms with E-state index in [9.17, 15) is 0 Å². The Bertz CT molecular complexity index is 7720. The lowest BCUT2D eigenvalue weighted by Crippen LogP contribution is -2.28. The van der Waals surface area contributed by atoms with Crippen LogP contribution in [-0.2, 0) is 10.8 Å². The molecule has 0 spiro atoms. The predicted molar refractivity (Wildman–Crippen MR) is 530 cm³/mol. The number of hydrogen-bond donors (Lipinski definition) is 0. The molecule has 2 aliphatic rings. The number of rotatable bonds is 16. The van der Waals surface area contributed by atoms with Gasteiger partial charge in [-0.05, 0) is 231 Å². The molecule has 2 aliphatic carbocycles. The Kier molecular flexibility index (Phi) is 18.9. The summed E-state index contributed by atoms with van der Waals surface area (Å²) in [5.74, 6) is 0. The van der Waals surface area contributed by atoms with Crippen molar-refractivity contribution < 1.29 is 4.42 Å². The van der Waals surface area contributed by atoms with E-state index in [2.05, 4.69) is 507 Å². The summed E-state index contributed by atoms with van der Waals surface area (Å²) >= 11 is 1.88. The summed E-state index contributed by atoms with van der Waals surface area (Å²) in [6, 6.07) is 181. The number of fused-ring (bicyclic) bond motifs is 12. The Balaban J connectivity index is 0.000000145. The quantitative estimate of drug-likeness (QED) is 0.0961. The third-order valence-corrected chi connectivity index (χ3v) is 27.0. The molecule has 0 saturated heterocycles. The maximum Gasteiger partial charge on any atom is 0.143 e. The molecule has 0 amide bonds. The van der Waals surface area contributed by atoms with Crippen LogP contribution >= 0.6 is 11.3 Å². The number of hydrogen-bond acceptors (Lipinski definition) is 4. The summed E-state index contributed by atoms with van der Waals surface area (Å²) in [7, 11) is 0. The second kappa shape index (κ2) is 31.8. The lowest BCUT2D eigenvalue weighted by molar-refractivity contribution is 0.666. The Morgan fingerprint density at radius 1 is 0.175 bits per heavy atom. The lowest BCUT2D eigenvalue weighted by Gasteiger charge is -2.34. The largest absolute Gasteiger partial charge is 0.455 e. The second-order valence-electron chi connectivity index (χ2n) is 32.9. The fourth-order valence-corrected chi connectivity index (χ4v) is 21.2. The van der Waals surface area contributed by atoms with Gasteiger partial charge in [0.15, 0.2) is 0 Å². The third-order valence-electron chi connectivity index (χ3n) is 25.9. The average molecular weight is 1620 g/mol. The molecular weight excluding hydrogens is 1540 g/mol. The van der Waals surface area contributed by atoms with E-state index in [1.54, 1.807) is 0 Å². The van der Waals surface area contributed by atoms with Gasteiger partial charge in [0.25, 0.3) is 0 Å². The van der Waals surface area contributed by atoms with Crippen molar-refractivity contribution in [2.45, 2.75) is 10.8 Å². The first kappa shape index (κ1) is 75.0. The van der Waals surface area contributed by atoms with Gasteiger partial charge < -0.3 is 14.2 Å². The third kappa shape index (κ3) is 13.0.